The van der Waals surface area contributed by atoms with Gasteiger partial charge in [-0.25, -0.2) is 8.42 Å². The first-order valence-corrected chi connectivity index (χ1v) is 7.40. The molecule has 1 N–H and O–H groups in total. The second-order valence-electron chi connectivity index (χ2n) is 4.30. The van der Waals surface area contributed by atoms with Gasteiger partial charge in [0.15, 0.2) is 9.84 Å². The van der Waals surface area contributed by atoms with Gasteiger partial charge in [0.2, 0.25) is 0 Å². The molecular formula is C12H19NO3S. The topological polar surface area (TPSA) is 57.6 Å². The predicted molar refractivity (Wildman–Crippen MR) is 69.1 cm³/mol. The lowest BCUT2D eigenvalue weighted by Gasteiger charge is -2.22. The molecule has 0 aliphatic heterocycles. The van der Waals surface area contributed by atoms with Gasteiger partial charge in [-0.1, -0.05) is 12.1 Å². The van der Waals surface area contributed by atoms with Crippen molar-refractivity contribution < 1.29 is 13.5 Å². The van der Waals surface area contributed by atoms with Crippen LogP contribution in [0.5, 0.6) is 0 Å². The monoisotopic (exact) mass is 257 g/mol. The van der Waals surface area contributed by atoms with Crippen molar-refractivity contribution in [3.8, 4) is 0 Å². The van der Waals surface area contributed by atoms with E-state index in [-0.39, 0.29) is 6.10 Å². The van der Waals surface area contributed by atoms with Gasteiger partial charge in [0.25, 0.3) is 0 Å². The van der Waals surface area contributed by atoms with Gasteiger partial charge in [-0.05, 0) is 25.5 Å². The Bertz CT molecular complexity index is 468. The van der Waals surface area contributed by atoms with Crippen LogP contribution in [0.25, 0.3) is 0 Å². The van der Waals surface area contributed by atoms with Gasteiger partial charge in [0.1, 0.15) is 0 Å². The predicted octanol–water partition coefficient (Wildman–Crippen LogP) is 1.30. The number of aliphatic hydroxyl groups is 1. The highest BCUT2D eigenvalue weighted by atomic mass is 32.2. The number of hydrogen-bond donors (Lipinski definition) is 1. The summed E-state index contributed by atoms with van der Waals surface area (Å²) in [7, 11) is -1.40. The second-order valence-corrected chi connectivity index (χ2v) is 6.28. The van der Waals surface area contributed by atoms with Crippen LogP contribution in [-0.2, 0) is 9.84 Å². The van der Waals surface area contributed by atoms with Crippen molar-refractivity contribution in [1.29, 1.82) is 0 Å². The number of sulfone groups is 1. The van der Waals surface area contributed by atoms with Gasteiger partial charge in [-0.2, -0.15) is 0 Å². The lowest BCUT2D eigenvalue weighted by atomic mass is 10.2. The molecule has 0 heterocycles. The van der Waals surface area contributed by atoms with E-state index in [0.717, 1.165) is 0 Å². The molecule has 0 spiro atoms. The summed E-state index contributed by atoms with van der Waals surface area (Å²) in [6.45, 7) is 2.33. The van der Waals surface area contributed by atoms with E-state index in [4.69, 9.17) is 0 Å². The number of nitrogens with zero attached hydrogens (tertiary/aromatic N) is 1. The average molecular weight is 257 g/mol. The zero-order valence-electron chi connectivity index (χ0n) is 10.4. The Morgan fingerprint density at radius 1 is 1.35 bits per heavy atom. The van der Waals surface area contributed by atoms with E-state index in [1.165, 1.54) is 6.26 Å². The van der Waals surface area contributed by atoms with E-state index >= 15 is 0 Å². The van der Waals surface area contributed by atoms with Crippen LogP contribution in [0.15, 0.2) is 29.2 Å². The van der Waals surface area contributed by atoms with E-state index in [1.54, 1.807) is 25.1 Å². The molecule has 1 unspecified atom stereocenters. The van der Waals surface area contributed by atoms with E-state index in [2.05, 4.69) is 0 Å². The molecule has 1 rings (SSSR count). The Morgan fingerprint density at radius 2 is 1.94 bits per heavy atom. The van der Waals surface area contributed by atoms with Crippen molar-refractivity contribution in [2.75, 3.05) is 24.7 Å². The van der Waals surface area contributed by atoms with E-state index in [9.17, 15) is 13.5 Å². The number of para-hydroxylation sites is 1. The van der Waals surface area contributed by atoms with Crippen LogP contribution >= 0.6 is 0 Å². The number of anilines is 1. The fourth-order valence-electron chi connectivity index (χ4n) is 1.59. The van der Waals surface area contributed by atoms with Gasteiger partial charge in [-0.15, -0.1) is 0 Å². The van der Waals surface area contributed by atoms with Gasteiger partial charge in [0.05, 0.1) is 16.7 Å². The minimum absolute atomic E-state index is 0.327. The highest BCUT2D eigenvalue weighted by Gasteiger charge is 2.15. The van der Waals surface area contributed by atoms with Gasteiger partial charge < -0.3 is 10.0 Å². The van der Waals surface area contributed by atoms with Crippen molar-refractivity contribution in [2.45, 2.75) is 24.3 Å². The van der Waals surface area contributed by atoms with Crippen LogP contribution in [0.2, 0.25) is 0 Å². The lowest BCUT2D eigenvalue weighted by molar-refractivity contribution is 0.187. The van der Waals surface area contributed by atoms with Crippen LogP contribution in [0, 0.1) is 0 Å². The molecule has 0 fully saturated rings. The molecule has 0 saturated heterocycles. The van der Waals surface area contributed by atoms with Crippen LogP contribution in [-0.4, -0.2) is 39.5 Å². The maximum absolute atomic E-state index is 11.6. The van der Waals surface area contributed by atoms with E-state index < -0.39 is 9.84 Å². The molecule has 0 aromatic heterocycles. The molecule has 17 heavy (non-hydrogen) atoms. The third-order valence-electron chi connectivity index (χ3n) is 2.56. The molecule has 4 nitrogen and oxygen atoms in total. The third kappa shape index (κ3) is 4.02. The van der Waals surface area contributed by atoms with Crippen LogP contribution in [0.4, 0.5) is 5.69 Å². The molecule has 5 heteroatoms. The molecular weight excluding hydrogens is 238 g/mol. The maximum Gasteiger partial charge on any atom is 0.177 e. The van der Waals surface area contributed by atoms with Gasteiger partial charge >= 0.3 is 0 Å². The standard InChI is InChI=1S/C12H19NO3S/c1-10(14)8-9-13(2)11-6-4-5-7-12(11)17(3,15)16/h4-7,10,14H,8-9H2,1-3H3. The molecule has 1 aromatic rings. The first-order chi connectivity index (χ1) is 7.82. The summed E-state index contributed by atoms with van der Waals surface area (Å²) in [6, 6.07) is 6.90. The summed E-state index contributed by atoms with van der Waals surface area (Å²) in [4.78, 5) is 2.18. The fourth-order valence-corrected chi connectivity index (χ4v) is 2.52. The Balaban J connectivity index is 2.98. The van der Waals surface area contributed by atoms with Crippen molar-refractivity contribution in [2.24, 2.45) is 0 Å². The van der Waals surface area contributed by atoms with E-state index in [0.29, 0.717) is 23.5 Å². The number of benzene rings is 1. The zero-order valence-corrected chi connectivity index (χ0v) is 11.2. The Labute approximate surface area is 103 Å². The SMILES string of the molecule is CC(O)CCN(C)c1ccccc1S(C)(=O)=O. The zero-order chi connectivity index (χ0) is 13.1. The van der Waals surface area contributed by atoms with Crippen LogP contribution < -0.4 is 4.90 Å². The average Bonchev–Trinajstić information content (AvgIpc) is 2.24. The fraction of sp³-hybridized carbons (Fsp3) is 0.500. The maximum atomic E-state index is 11.6. The van der Waals surface area contributed by atoms with E-state index in [1.807, 2.05) is 18.0 Å². The number of rotatable bonds is 5. The first kappa shape index (κ1) is 14.0. The van der Waals surface area contributed by atoms with Crippen LogP contribution in [0.1, 0.15) is 13.3 Å². The molecule has 0 saturated carbocycles. The molecule has 1 aromatic carbocycles. The molecule has 0 aliphatic carbocycles. The Kier molecular flexibility index (Phi) is 4.54. The molecule has 1 atom stereocenters. The summed E-state index contributed by atoms with van der Waals surface area (Å²) in [5, 5.41) is 9.23. The number of aliphatic hydroxyl groups excluding tert-OH is 1. The lowest BCUT2D eigenvalue weighted by Crippen LogP contribution is -2.23. The highest BCUT2D eigenvalue weighted by molar-refractivity contribution is 7.90. The summed E-state index contributed by atoms with van der Waals surface area (Å²) < 4.78 is 23.2. The summed E-state index contributed by atoms with van der Waals surface area (Å²) in [6.07, 6.45) is 1.42. The van der Waals surface area contributed by atoms with Gasteiger partial charge in [-0.3, -0.25) is 0 Å². The molecule has 0 bridgehead atoms. The smallest absolute Gasteiger partial charge is 0.177 e. The summed E-state index contributed by atoms with van der Waals surface area (Å²) >= 11 is 0. The first-order valence-electron chi connectivity index (χ1n) is 5.50. The molecule has 0 aliphatic rings. The Hall–Kier alpha value is -1.07. The molecule has 0 radical (unpaired) electrons. The molecule has 0 amide bonds. The van der Waals surface area contributed by atoms with Crippen molar-refractivity contribution in [3.05, 3.63) is 24.3 Å². The van der Waals surface area contributed by atoms with Crippen molar-refractivity contribution in [3.63, 3.8) is 0 Å². The van der Waals surface area contributed by atoms with Gasteiger partial charge in [0, 0.05) is 19.8 Å². The highest BCUT2D eigenvalue weighted by Crippen LogP contribution is 2.24. The number of hydrogen-bond acceptors (Lipinski definition) is 4. The van der Waals surface area contributed by atoms with Crippen molar-refractivity contribution >= 4 is 15.5 Å². The normalized spacial score (nSPS) is 13.4. The summed E-state index contributed by atoms with van der Waals surface area (Å²) in [5.41, 5.74) is 0.677. The Morgan fingerprint density at radius 3 is 2.47 bits per heavy atom. The third-order valence-corrected chi connectivity index (χ3v) is 3.70. The minimum atomic E-state index is -3.22. The quantitative estimate of drug-likeness (QED) is 0.863. The second kappa shape index (κ2) is 5.51. The minimum Gasteiger partial charge on any atom is -0.393 e. The molecule has 96 valence electrons. The summed E-state index contributed by atoms with van der Waals surface area (Å²) in [5.74, 6) is 0. The largest absolute Gasteiger partial charge is 0.393 e. The van der Waals surface area contributed by atoms with Crippen molar-refractivity contribution in [1.82, 2.24) is 0 Å². The van der Waals surface area contributed by atoms with Crippen LogP contribution in [0.3, 0.4) is 0 Å².